The van der Waals surface area contributed by atoms with Crippen molar-refractivity contribution in [2.45, 2.75) is 38.3 Å². The first-order valence-electron chi connectivity index (χ1n) is 9.73. The van der Waals surface area contributed by atoms with Gasteiger partial charge in [0.05, 0.1) is 0 Å². The number of pyridine rings is 1. The van der Waals surface area contributed by atoms with Crippen LogP contribution in [-0.4, -0.2) is 30.2 Å². The van der Waals surface area contributed by atoms with Gasteiger partial charge in [-0.25, -0.2) is 4.98 Å². The number of rotatable bonds is 6. The number of hydrogen-bond acceptors (Lipinski definition) is 5. The Morgan fingerprint density at radius 3 is 2.82 bits per heavy atom. The Kier molecular flexibility index (Phi) is 5.75. The van der Waals surface area contributed by atoms with Gasteiger partial charge in [0.25, 0.3) is 0 Å². The third-order valence-corrected chi connectivity index (χ3v) is 4.85. The molecule has 1 saturated carbocycles. The van der Waals surface area contributed by atoms with E-state index in [1.54, 1.807) is 12.3 Å². The molecule has 1 amide bonds. The molecule has 2 aromatic rings. The lowest BCUT2D eigenvalue weighted by Crippen LogP contribution is -2.20. The highest BCUT2D eigenvalue weighted by molar-refractivity contribution is 5.91. The third-order valence-electron chi connectivity index (χ3n) is 4.85. The van der Waals surface area contributed by atoms with Crippen molar-refractivity contribution in [3.05, 3.63) is 53.7 Å². The molecule has 1 fully saturated rings. The molecule has 6 nitrogen and oxygen atoms in total. The van der Waals surface area contributed by atoms with Crippen molar-refractivity contribution >= 4 is 12.0 Å². The lowest BCUT2D eigenvalue weighted by atomic mass is 10.2. The highest BCUT2D eigenvalue weighted by Gasteiger charge is 2.17. The van der Waals surface area contributed by atoms with Crippen molar-refractivity contribution in [2.75, 3.05) is 13.2 Å². The largest absolute Gasteiger partial charge is 0.486 e. The van der Waals surface area contributed by atoms with Crippen LogP contribution in [-0.2, 0) is 11.3 Å². The molecule has 0 saturated heterocycles. The van der Waals surface area contributed by atoms with Gasteiger partial charge in [-0.05, 0) is 61.1 Å². The summed E-state index contributed by atoms with van der Waals surface area (Å²) in [6.45, 7) is 1.53. The van der Waals surface area contributed by atoms with E-state index in [1.807, 2.05) is 30.3 Å². The SMILES string of the molecule is O=C(/C=C/c1ccc2c(c1)OCCO2)NCc1ccnc(OC2CCCC2)c1. The van der Waals surface area contributed by atoms with Crippen molar-refractivity contribution in [2.24, 2.45) is 0 Å². The minimum absolute atomic E-state index is 0.162. The van der Waals surface area contributed by atoms with Crippen LogP contribution in [0.4, 0.5) is 0 Å². The molecule has 1 aromatic heterocycles. The Balaban J connectivity index is 1.30. The molecule has 6 heteroatoms. The van der Waals surface area contributed by atoms with Gasteiger partial charge in [-0.15, -0.1) is 0 Å². The van der Waals surface area contributed by atoms with Gasteiger partial charge >= 0.3 is 0 Å². The quantitative estimate of drug-likeness (QED) is 0.777. The predicted molar refractivity (Wildman–Crippen MR) is 105 cm³/mol. The maximum absolute atomic E-state index is 12.1. The first kappa shape index (κ1) is 18.3. The van der Waals surface area contributed by atoms with E-state index in [0.717, 1.165) is 29.7 Å². The number of fused-ring (bicyclic) bond motifs is 1. The smallest absolute Gasteiger partial charge is 0.244 e. The Bertz CT molecular complexity index is 859. The maximum Gasteiger partial charge on any atom is 0.244 e. The van der Waals surface area contributed by atoms with Gasteiger partial charge in [-0.3, -0.25) is 4.79 Å². The predicted octanol–water partition coefficient (Wildman–Crippen LogP) is 3.50. The van der Waals surface area contributed by atoms with Crippen molar-refractivity contribution in [1.82, 2.24) is 10.3 Å². The minimum Gasteiger partial charge on any atom is -0.486 e. The fourth-order valence-electron chi connectivity index (χ4n) is 3.39. The summed E-state index contributed by atoms with van der Waals surface area (Å²) in [5.74, 6) is 1.91. The number of carbonyl (C=O) groups excluding carboxylic acids is 1. The van der Waals surface area contributed by atoms with Crippen LogP contribution in [0.5, 0.6) is 17.4 Å². The van der Waals surface area contributed by atoms with Crippen molar-refractivity contribution < 1.29 is 19.0 Å². The molecular weight excluding hydrogens is 356 g/mol. The lowest BCUT2D eigenvalue weighted by Gasteiger charge is -2.18. The first-order chi connectivity index (χ1) is 13.8. The second kappa shape index (κ2) is 8.78. The summed E-state index contributed by atoms with van der Waals surface area (Å²) < 4.78 is 17.0. The summed E-state index contributed by atoms with van der Waals surface area (Å²) in [5.41, 5.74) is 1.85. The number of amides is 1. The van der Waals surface area contributed by atoms with Crippen LogP contribution in [0.3, 0.4) is 0 Å². The molecule has 28 heavy (non-hydrogen) atoms. The Morgan fingerprint density at radius 2 is 1.96 bits per heavy atom. The number of benzene rings is 1. The molecule has 0 unspecified atom stereocenters. The Morgan fingerprint density at radius 1 is 1.14 bits per heavy atom. The van der Waals surface area contributed by atoms with Crippen LogP contribution in [0.25, 0.3) is 6.08 Å². The van der Waals surface area contributed by atoms with Gasteiger partial charge in [0.15, 0.2) is 11.5 Å². The summed E-state index contributed by atoms with van der Waals surface area (Å²) >= 11 is 0. The minimum atomic E-state index is -0.162. The summed E-state index contributed by atoms with van der Waals surface area (Å²) in [6.07, 6.45) is 9.88. The van der Waals surface area contributed by atoms with Gasteiger partial charge in [-0.2, -0.15) is 0 Å². The number of nitrogens with zero attached hydrogens (tertiary/aromatic N) is 1. The van der Waals surface area contributed by atoms with E-state index in [4.69, 9.17) is 14.2 Å². The third kappa shape index (κ3) is 4.82. The summed E-state index contributed by atoms with van der Waals surface area (Å²) in [5, 5.41) is 2.89. The number of carbonyl (C=O) groups is 1. The van der Waals surface area contributed by atoms with Crippen LogP contribution in [0.15, 0.2) is 42.6 Å². The number of ether oxygens (including phenoxy) is 3. The molecule has 0 radical (unpaired) electrons. The first-order valence-corrected chi connectivity index (χ1v) is 9.73. The molecule has 0 spiro atoms. The van der Waals surface area contributed by atoms with E-state index in [0.29, 0.717) is 31.4 Å². The summed E-state index contributed by atoms with van der Waals surface area (Å²) in [6, 6.07) is 9.39. The van der Waals surface area contributed by atoms with E-state index in [1.165, 1.54) is 18.9 Å². The number of hydrogen-bond donors (Lipinski definition) is 1. The van der Waals surface area contributed by atoms with E-state index in [-0.39, 0.29) is 12.0 Å². The van der Waals surface area contributed by atoms with Crippen LogP contribution in [0, 0.1) is 0 Å². The highest BCUT2D eigenvalue weighted by atomic mass is 16.6. The van der Waals surface area contributed by atoms with E-state index >= 15 is 0 Å². The summed E-state index contributed by atoms with van der Waals surface area (Å²) in [4.78, 5) is 16.4. The molecule has 1 aliphatic heterocycles. The summed E-state index contributed by atoms with van der Waals surface area (Å²) in [7, 11) is 0. The number of nitrogens with one attached hydrogen (secondary N) is 1. The van der Waals surface area contributed by atoms with E-state index in [2.05, 4.69) is 10.3 Å². The molecule has 2 heterocycles. The molecule has 146 valence electrons. The molecule has 1 aliphatic carbocycles. The molecule has 0 bridgehead atoms. The van der Waals surface area contributed by atoms with Gasteiger partial charge < -0.3 is 19.5 Å². The van der Waals surface area contributed by atoms with Crippen LogP contribution in [0.2, 0.25) is 0 Å². The molecule has 1 N–H and O–H groups in total. The Hall–Kier alpha value is -3.02. The van der Waals surface area contributed by atoms with Crippen LogP contribution >= 0.6 is 0 Å². The van der Waals surface area contributed by atoms with Crippen LogP contribution < -0.4 is 19.5 Å². The van der Waals surface area contributed by atoms with E-state index < -0.39 is 0 Å². The number of aromatic nitrogens is 1. The zero-order valence-electron chi connectivity index (χ0n) is 15.7. The van der Waals surface area contributed by atoms with Crippen molar-refractivity contribution in [3.63, 3.8) is 0 Å². The van der Waals surface area contributed by atoms with Crippen molar-refractivity contribution in [1.29, 1.82) is 0 Å². The molecule has 2 aliphatic rings. The monoisotopic (exact) mass is 380 g/mol. The average molecular weight is 380 g/mol. The zero-order chi connectivity index (χ0) is 19.2. The molecular formula is C22H24N2O4. The fourth-order valence-corrected chi connectivity index (χ4v) is 3.39. The molecule has 1 aromatic carbocycles. The van der Waals surface area contributed by atoms with Gasteiger partial charge in [0.1, 0.15) is 19.3 Å². The van der Waals surface area contributed by atoms with Gasteiger partial charge in [-0.1, -0.05) is 6.07 Å². The fraction of sp³-hybridized carbons (Fsp3) is 0.364. The zero-order valence-corrected chi connectivity index (χ0v) is 15.7. The molecule has 4 rings (SSSR count). The normalized spacial score (nSPS) is 16.3. The topological polar surface area (TPSA) is 69.7 Å². The second-order valence-corrected chi connectivity index (χ2v) is 6.98. The van der Waals surface area contributed by atoms with Crippen molar-refractivity contribution in [3.8, 4) is 17.4 Å². The van der Waals surface area contributed by atoms with E-state index in [9.17, 15) is 4.79 Å². The highest BCUT2D eigenvalue weighted by Crippen LogP contribution is 2.31. The van der Waals surface area contributed by atoms with Gasteiger partial charge in [0.2, 0.25) is 11.8 Å². The average Bonchev–Trinajstić information content (AvgIpc) is 3.24. The Labute approximate surface area is 164 Å². The van der Waals surface area contributed by atoms with Crippen LogP contribution in [0.1, 0.15) is 36.8 Å². The molecule has 0 atom stereocenters. The maximum atomic E-state index is 12.1. The second-order valence-electron chi connectivity index (χ2n) is 6.98. The lowest BCUT2D eigenvalue weighted by molar-refractivity contribution is -0.116. The van der Waals surface area contributed by atoms with Gasteiger partial charge in [0, 0.05) is 24.9 Å². The standard InChI is InChI=1S/C22H24N2O4/c25-21(8-6-16-5-7-19-20(13-16)27-12-11-26-19)24-15-17-9-10-23-22(14-17)28-18-3-1-2-4-18/h5-10,13-14,18H,1-4,11-12,15H2,(H,24,25)/b8-6+.